The number of benzene rings is 1. The zero-order valence-corrected chi connectivity index (χ0v) is 12.8. The van der Waals surface area contributed by atoms with E-state index in [0.717, 1.165) is 25.3 Å². The van der Waals surface area contributed by atoms with Gasteiger partial charge in [-0.25, -0.2) is 0 Å². The minimum Gasteiger partial charge on any atom is -0.494 e. The molecular weight excluding hydrogens is 248 g/mol. The molecule has 112 valence electrons. The molecule has 3 heteroatoms. The Morgan fingerprint density at radius 1 is 1.25 bits per heavy atom. The van der Waals surface area contributed by atoms with E-state index in [-0.39, 0.29) is 0 Å². The van der Waals surface area contributed by atoms with E-state index in [1.54, 1.807) is 0 Å². The zero-order chi connectivity index (χ0) is 14.4. The summed E-state index contributed by atoms with van der Waals surface area (Å²) >= 11 is 0. The third-order valence-electron chi connectivity index (χ3n) is 4.18. The fraction of sp³-hybridized carbons (Fsp3) is 0.647. The van der Waals surface area contributed by atoms with Crippen molar-refractivity contribution in [2.24, 2.45) is 11.7 Å². The monoisotopic (exact) mass is 276 g/mol. The Labute approximate surface area is 123 Å². The van der Waals surface area contributed by atoms with Crippen molar-refractivity contribution >= 4 is 0 Å². The topological polar surface area (TPSA) is 38.5 Å². The van der Waals surface area contributed by atoms with Gasteiger partial charge in [0, 0.05) is 12.6 Å². The number of piperidine rings is 1. The predicted octanol–water partition coefficient (Wildman–Crippen LogP) is 3.03. The molecule has 20 heavy (non-hydrogen) atoms. The second-order valence-electron chi connectivity index (χ2n) is 5.97. The highest BCUT2D eigenvalue weighted by molar-refractivity contribution is 5.27. The average molecular weight is 276 g/mol. The summed E-state index contributed by atoms with van der Waals surface area (Å²) in [6.07, 6.45) is 3.51. The van der Waals surface area contributed by atoms with Gasteiger partial charge in [-0.3, -0.25) is 4.90 Å². The van der Waals surface area contributed by atoms with Gasteiger partial charge in [-0.15, -0.1) is 0 Å². The van der Waals surface area contributed by atoms with E-state index in [0.29, 0.717) is 12.0 Å². The summed E-state index contributed by atoms with van der Waals surface area (Å²) in [5.41, 5.74) is 7.36. The van der Waals surface area contributed by atoms with Crippen LogP contribution in [0.25, 0.3) is 0 Å². The summed E-state index contributed by atoms with van der Waals surface area (Å²) in [5.74, 6) is 1.68. The molecule has 1 aliphatic heterocycles. The Hall–Kier alpha value is -1.06. The Morgan fingerprint density at radius 2 is 1.90 bits per heavy atom. The summed E-state index contributed by atoms with van der Waals surface area (Å²) < 4.78 is 5.61. The lowest BCUT2D eigenvalue weighted by Gasteiger charge is -2.33. The molecule has 0 amide bonds. The van der Waals surface area contributed by atoms with Gasteiger partial charge in [0.2, 0.25) is 0 Å². The average Bonchev–Trinajstić information content (AvgIpc) is 2.47. The Balaban J connectivity index is 1.79. The predicted molar refractivity (Wildman–Crippen MR) is 83.9 cm³/mol. The zero-order valence-electron chi connectivity index (χ0n) is 12.8. The number of nitrogens with zero attached hydrogens (tertiary/aromatic N) is 1. The fourth-order valence-electron chi connectivity index (χ4n) is 2.81. The lowest BCUT2D eigenvalue weighted by Crippen LogP contribution is -2.39. The Kier molecular flexibility index (Phi) is 5.86. The first-order chi connectivity index (χ1) is 9.69. The van der Waals surface area contributed by atoms with Gasteiger partial charge in [0.25, 0.3) is 0 Å². The molecule has 2 rings (SSSR count). The second kappa shape index (κ2) is 7.65. The van der Waals surface area contributed by atoms with Crippen molar-refractivity contribution in [3.63, 3.8) is 0 Å². The maximum atomic E-state index is 5.99. The fourth-order valence-corrected chi connectivity index (χ4v) is 2.81. The molecule has 0 radical (unpaired) electrons. The van der Waals surface area contributed by atoms with Gasteiger partial charge >= 0.3 is 0 Å². The van der Waals surface area contributed by atoms with Crippen LogP contribution in [-0.4, -0.2) is 30.6 Å². The van der Waals surface area contributed by atoms with Gasteiger partial charge in [0.1, 0.15) is 5.75 Å². The van der Waals surface area contributed by atoms with Gasteiger partial charge in [-0.1, -0.05) is 19.1 Å². The first-order valence-electron chi connectivity index (χ1n) is 7.88. The van der Waals surface area contributed by atoms with Gasteiger partial charge in [0.05, 0.1) is 6.61 Å². The van der Waals surface area contributed by atoms with E-state index >= 15 is 0 Å². The Morgan fingerprint density at radius 3 is 2.45 bits per heavy atom. The number of hydrogen-bond donors (Lipinski definition) is 1. The van der Waals surface area contributed by atoms with E-state index in [4.69, 9.17) is 10.5 Å². The van der Waals surface area contributed by atoms with Crippen molar-refractivity contribution in [2.45, 2.75) is 45.7 Å². The first kappa shape index (κ1) is 15.3. The highest BCUT2D eigenvalue weighted by atomic mass is 16.5. The van der Waals surface area contributed by atoms with Crippen molar-refractivity contribution in [3.05, 3.63) is 29.8 Å². The normalized spacial score (nSPS) is 18.9. The summed E-state index contributed by atoms with van der Waals surface area (Å²) in [4.78, 5) is 2.53. The molecule has 1 fully saturated rings. The molecule has 2 N–H and O–H groups in total. The van der Waals surface area contributed by atoms with Crippen molar-refractivity contribution in [3.8, 4) is 5.75 Å². The number of ether oxygens (including phenoxy) is 1. The van der Waals surface area contributed by atoms with Crippen LogP contribution in [-0.2, 0) is 6.54 Å². The lowest BCUT2D eigenvalue weighted by molar-refractivity contribution is 0.165. The minimum absolute atomic E-state index is 0.340. The molecular formula is C17H28N2O. The van der Waals surface area contributed by atoms with Crippen LogP contribution < -0.4 is 10.5 Å². The molecule has 1 aliphatic rings. The maximum Gasteiger partial charge on any atom is 0.119 e. The van der Waals surface area contributed by atoms with E-state index in [1.165, 1.54) is 31.5 Å². The molecule has 1 atom stereocenters. The van der Waals surface area contributed by atoms with Crippen LogP contribution in [0, 0.1) is 5.92 Å². The summed E-state index contributed by atoms with van der Waals surface area (Å²) in [6.45, 7) is 8.43. The van der Waals surface area contributed by atoms with Gasteiger partial charge in [-0.2, -0.15) is 0 Å². The van der Waals surface area contributed by atoms with E-state index < -0.39 is 0 Å². The number of rotatable bonds is 6. The quantitative estimate of drug-likeness (QED) is 0.868. The summed E-state index contributed by atoms with van der Waals surface area (Å²) in [5, 5.41) is 0. The molecule has 1 unspecified atom stereocenters. The lowest BCUT2D eigenvalue weighted by atomic mass is 9.91. The number of hydrogen-bond acceptors (Lipinski definition) is 3. The molecule has 0 bridgehead atoms. The molecule has 0 aliphatic carbocycles. The molecule has 0 saturated carbocycles. The molecule has 1 aromatic rings. The molecule has 0 spiro atoms. The molecule has 1 aromatic carbocycles. The van der Waals surface area contributed by atoms with Crippen LogP contribution in [0.3, 0.4) is 0 Å². The molecule has 0 aromatic heterocycles. The van der Waals surface area contributed by atoms with Crippen LogP contribution in [0.2, 0.25) is 0 Å². The third-order valence-corrected chi connectivity index (χ3v) is 4.18. The van der Waals surface area contributed by atoms with E-state index in [1.807, 2.05) is 0 Å². The SMILES string of the molecule is CCCOc1ccc(CN2CCC(C(C)N)CC2)cc1. The van der Waals surface area contributed by atoms with Crippen LogP contribution in [0.5, 0.6) is 5.75 Å². The summed E-state index contributed by atoms with van der Waals surface area (Å²) in [6, 6.07) is 8.87. The highest BCUT2D eigenvalue weighted by Gasteiger charge is 2.21. The van der Waals surface area contributed by atoms with Crippen molar-refractivity contribution in [1.82, 2.24) is 4.90 Å². The largest absolute Gasteiger partial charge is 0.494 e. The molecule has 1 heterocycles. The minimum atomic E-state index is 0.340. The smallest absolute Gasteiger partial charge is 0.119 e. The van der Waals surface area contributed by atoms with Crippen LogP contribution in [0.4, 0.5) is 0 Å². The molecule has 1 saturated heterocycles. The standard InChI is InChI=1S/C17H28N2O/c1-3-12-20-17-6-4-15(5-7-17)13-19-10-8-16(9-11-19)14(2)18/h4-7,14,16H,3,8-13,18H2,1-2H3. The maximum absolute atomic E-state index is 5.99. The van der Waals surface area contributed by atoms with Crippen LogP contribution in [0.1, 0.15) is 38.7 Å². The third kappa shape index (κ3) is 4.50. The van der Waals surface area contributed by atoms with Gasteiger partial charge in [-0.05, 0) is 62.9 Å². The highest BCUT2D eigenvalue weighted by Crippen LogP contribution is 2.21. The van der Waals surface area contributed by atoms with Crippen molar-refractivity contribution < 1.29 is 4.74 Å². The van der Waals surface area contributed by atoms with Crippen molar-refractivity contribution in [1.29, 1.82) is 0 Å². The van der Waals surface area contributed by atoms with E-state index in [9.17, 15) is 0 Å². The van der Waals surface area contributed by atoms with Gasteiger partial charge in [0.15, 0.2) is 0 Å². The second-order valence-corrected chi connectivity index (χ2v) is 5.97. The van der Waals surface area contributed by atoms with Crippen molar-refractivity contribution in [2.75, 3.05) is 19.7 Å². The van der Waals surface area contributed by atoms with E-state index in [2.05, 4.69) is 43.0 Å². The number of likely N-dealkylation sites (tertiary alicyclic amines) is 1. The van der Waals surface area contributed by atoms with Crippen LogP contribution in [0.15, 0.2) is 24.3 Å². The van der Waals surface area contributed by atoms with Crippen LogP contribution >= 0.6 is 0 Å². The first-order valence-corrected chi connectivity index (χ1v) is 7.88. The summed E-state index contributed by atoms with van der Waals surface area (Å²) in [7, 11) is 0. The number of nitrogens with two attached hydrogens (primary N) is 1. The molecule has 3 nitrogen and oxygen atoms in total. The van der Waals surface area contributed by atoms with Gasteiger partial charge < -0.3 is 10.5 Å². The Bertz CT molecular complexity index is 380.